The van der Waals surface area contributed by atoms with Crippen molar-refractivity contribution in [3.8, 4) is 0 Å². The number of ether oxygens (including phenoxy) is 1. The van der Waals surface area contributed by atoms with Crippen LogP contribution in [0.3, 0.4) is 0 Å². The molecule has 1 N–H and O–H groups in total. The summed E-state index contributed by atoms with van der Waals surface area (Å²) in [6.45, 7) is 2.06. The highest BCUT2D eigenvalue weighted by Crippen LogP contribution is 2.36. The molecule has 0 saturated heterocycles. The Morgan fingerprint density at radius 1 is 1.24 bits per heavy atom. The average Bonchev–Trinajstić information content (AvgIpc) is 2.60. The predicted octanol–water partition coefficient (Wildman–Crippen LogP) is 3.54. The number of benzene rings is 2. The van der Waals surface area contributed by atoms with Gasteiger partial charge in [0, 0.05) is 24.7 Å². The van der Waals surface area contributed by atoms with Crippen molar-refractivity contribution in [3.05, 3.63) is 53.6 Å². The zero-order chi connectivity index (χ0) is 18.0. The van der Waals surface area contributed by atoms with Crippen molar-refractivity contribution >= 4 is 35.0 Å². The van der Waals surface area contributed by atoms with Gasteiger partial charge in [0.05, 0.1) is 16.5 Å². The minimum atomic E-state index is -0.407. The van der Waals surface area contributed by atoms with Crippen molar-refractivity contribution in [2.45, 2.75) is 23.7 Å². The van der Waals surface area contributed by atoms with Gasteiger partial charge in [0.2, 0.25) is 5.91 Å². The smallest absolute Gasteiger partial charge is 0.338 e. The summed E-state index contributed by atoms with van der Waals surface area (Å²) in [6, 6.07) is 13.1. The number of anilines is 2. The number of hydrogen-bond donors (Lipinski definition) is 1. The first-order valence-corrected chi connectivity index (χ1v) is 8.87. The summed E-state index contributed by atoms with van der Waals surface area (Å²) >= 11 is 1.49. The lowest BCUT2D eigenvalue weighted by Crippen LogP contribution is -2.26. The molecular formula is C19H20N2O3S. The number of rotatable bonds is 4. The molecule has 0 bridgehead atoms. The van der Waals surface area contributed by atoms with Crippen molar-refractivity contribution in [2.24, 2.45) is 0 Å². The minimum absolute atomic E-state index is 0.0523. The van der Waals surface area contributed by atoms with Crippen molar-refractivity contribution < 1.29 is 14.3 Å². The SMILES string of the molecule is C[C@@H]1Sc2ccc(C(=O)OCc3cccc(N(C)C)c3)cc2NC1=O. The lowest BCUT2D eigenvalue weighted by molar-refractivity contribution is -0.115. The van der Waals surface area contributed by atoms with Crippen LogP contribution in [0.4, 0.5) is 11.4 Å². The topological polar surface area (TPSA) is 58.6 Å². The van der Waals surface area contributed by atoms with Gasteiger partial charge in [-0.1, -0.05) is 12.1 Å². The molecular weight excluding hydrogens is 336 g/mol. The molecule has 0 spiro atoms. The Bertz CT molecular complexity index is 820. The van der Waals surface area contributed by atoms with Gasteiger partial charge in [-0.3, -0.25) is 4.79 Å². The van der Waals surface area contributed by atoms with Gasteiger partial charge in [-0.15, -0.1) is 11.8 Å². The number of esters is 1. The zero-order valence-corrected chi connectivity index (χ0v) is 15.2. The maximum absolute atomic E-state index is 12.3. The Morgan fingerprint density at radius 2 is 2.04 bits per heavy atom. The molecule has 130 valence electrons. The summed E-state index contributed by atoms with van der Waals surface area (Å²) < 4.78 is 5.41. The molecule has 2 aromatic carbocycles. The molecule has 0 saturated carbocycles. The van der Waals surface area contributed by atoms with Gasteiger partial charge < -0.3 is 15.0 Å². The highest BCUT2D eigenvalue weighted by atomic mass is 32.2. The largest absolute Gasteiger partial charge is 0.457 e. The van der Waals surface area contributed by atoms with E-state index in [9.17, 15) is 9.59 Å². The minimum Gasteiger partial charge on any atom is -0.457 e. The molecule has 5 nitrogen and oxygen atoms in total. The maximum Gasteiger partial charge on any atom is 0.338 e. The van der Waals surface area contributed by atoms with Crippen LogP contribution in [0.2, 0.25) is 0 Å². The van der Waals surface area contributed by atoms with Crippen LogP contribution in [0, 0.1) is 0 Å². The second-order valence-corrected chi connectivity index (χ2v) is 7.48. The molecule has 1 amide bonds. The third kappa shape index (κ3) is 3.96. The maximum atomic E-state index is 12.3. The van der Waals surface area contributed by atoms with Crippen LogP contribution in [0.5, 0.6) is 0 Å². The molecule has 0 fully saturated rings. The first kappa shape index (κ1) is 17.4. The third-order valence-electron chi connectivity index (χ3n) is 3.94. The summed E-state index contributed by atoms with van der Waals surface area (Å²) in [6.07, 6.45) is 0. The average molecular weight is 356 g/mol. The second-order valence-electron chi connectivity index (χ2n) is 6.10. The van der Waals surface area contributed by atoms with E-state index in [1.165, 1.54) is 11.8 Å². The highest BCUT2D eigenvalue weighted by Gasteiger charge is 2.24. The van der Waals surface area contributed by atoms with E-state index in [1.807, 2.05) is 56.3 Å². The van der Waals surface area contributed by atoms with E-state index in [1.54, 1.807) is 12.1 Å². The number of nitrogens with one attached hydrogen (secondary N) is 1. The normalized spacial score (nSPS) is 16.0. The van der Waals surface area contributed by atoms with Crippen molar-refractivity contribution in [3.63, 3.8) is 0 Å². The summed E-state index contributed by atoms with van der Waals surface area (Å²) in [4.78, 5) is 27.1. The molecule has 3 rings (SSSR count). The van der Waals surface area contributed by atoms with Gasteiger partial charge >= 0.3 is 5.97 Å². The summed E-state index contributed by atoms with van der Waals surface area (Å²) in [5, 5.41) is 2.70. The molecule has 0 radical (unpaired) electrons. The Morgan fingerprint density at radius 3 is 2.80 bits per heavy atom. The van der Waals surface area contributed by atoms with E-state index in [0.717, 1.165) is 16.1 Å². The first-order chi connectivity index (χ1) is 11.9. The number of nitrogens with zero attached hydrogens (tertiary/aromatic N) is 1. The molecule has 0 aliphatic carbocycles. The zero-order valence-electron chi connectivity index (χ0n) is 14.4. The summed E-state index contributed by atoms with van der Waals surface area (Å²) in [5.41, 5.74) is 3.07. The molecule has 1 atom stereocenters. The van der Waals surface area contributed by atoms with Crippen LogP contribution in [-0.4, -0.2) is 31.2 Å². The van der Waals surface area contributed by atoms with Crippen molar-refractivity contribution in [1.29, 1.82) is 0 Å². The number of carbonyl (C=O) groups is 2. The highest BCUT2D eigenvalue weighted by molar-refractivity contribution is 8.00. The van der Waals surface area contributed by atoms with Gasteiger partial charge in [0.1, 0.15) is 6.61 Å². The van der Waals surface area contributed by atoms with Crippen LogP contribution in [-0.2, 0) is 16.1 Å². The molecule has 1 heterocycles. The van der Waals surface area contributed by atoms with Gasteiger partial charge in [0.25, 0.3) is 0 Å². The Hall–Kier alpha value is -2.47. The summed E-state index contributed by atoms with van der Waals surface area (Å²) in [7, 11) is 3.93. The quantitative estimate of drug-likeness (QED) is 0.849. The van der Waals surface area contributed by atoms with Gasteiger partial charge in [-0.25, -0.2) is 4.79 Å². The first-order valence-electron chi connectivity index (χ1n) is 7.99. The molecule has 2 aromatic rings. The molecule has 1 aliphatic rings. The van der Waals surface area contributed by atoms with Crippen LogP contribution < -0.4 is 10.2 Å². The van der Waals surface area contributed by atoms with Crippen LogP contribution >= 0.6 is 11.8 Å². The van der Waals surface area contributed by atoms with Crippen molar-refractivity contribution in [2.75, 3.05) is 24.3 Å². The second kappa shape index (κ2) is 7.19. The molecule has 0 aromatic heterocycles. The van der Waals surface area contributed by atoms with Gasteiger partial charge in [0.15, 0.2) is 0 Å². The van der Waals surface area contributed by atoms with Crippen molar-refractivity contribution in [1.82, 2.24) is 0 Å². The van der Waals surface area contributed by atoms with Gasteiger partial charge in [-0.05, 0) is 42.8 Å². The number of hydrogen-bond acceptors (Lipinski definition) is 5. The Balaban J connectivity index is 1.69. The van der Waals surface area contributed by atoms with E-state index in [0.29, 0.717) is 11.3 Å². The van der Waals surface area contributed by atoms with Crippen LogP contribution in [0.25, 0.3) is 0 Å². The Kier molecular flexibility index (Phi) is 4.99. The third-order valence-corrected chi connectivity index (χ3v) is 5.12. The van der Waals surface area contributed by atoms with E-state index >= 15 is 0 Å². The Labute approximate surface area is 151 Å². The standard InChI is InChI=1S/C19H20N2O3S/c1-12-18(22)20-16-10-14(7-8-17(16)25-12)19(23)24-11-13-5-4-6-15(9-13)21(2)3/h4-10,12H,11H2,1-3H3,(H,20,22)/t12-/m0/s1. The van der Waals surface area contributed by atoms with E-state index in [2.05, 4.69) is 5.32 Å². The molecule has 25 heavy (non-hydrogen) atoms. The fourth-order valence-corrected chi connectivity index (χ4v) is 3.42. The number of carbonyl (C=O) groups excluding carboxylic acids is 2. The molecule has 1 aliphatic heterocycles. The lowest BCUT2D eigenvalue weighted by atomic mass is 10.2. The fourth-order valence-electron chi connectivity index (χ4n) is 2.49. The monoisotopic (exact) mass is 356 g/mol. The van der Waals surface area contributed by atoms with Gasteiger partial charge in [-0.2, -0.15) is 0 Å². The van der Waals surface area contributed by atoms with Crippen LogP contribution in [0.1, 0.15) is 22.8 Å². The number of amides is 1. The lowest BCUT2D eigenvalue weighted by Gasteiger charge is -2.21. The van der Waals surface area contributed by atoms with E-state index in [4.69, 9.17) is 4.74 Å². The van der Waals surface area contributed by atoms with E-state index < -0.39 is 5.97 Å². The summed E-state index contributed by atoms with van der Waals surface area (Å²) in [5.74, 6) is -0.459. The molecule has 0 unspecified atom stereocenters. The van der Waals surface area contributed by atoms with Crippen LogP contribution in [0.15, 0.2) is 47.4 Å². The molecule has 6 heteroatoms. The number of fused-ring (bicyclic) bond motifs is 1. The van der Waals surface area contributed by atoms with E-state index in [-0.39, 0.29) is 17.8 Å². The number of thioether (sulfide) groups is 1. The predicted molar refractivity (Wildman–Crippen MR) is 100 cm³/mol. The fraction of sp³-hybridized carbons (Fsp3) is 0.263.